The number of guanidine groups is 1. The van der Waals surface area contributed by atoms with E-state index in [1.165, 1.54) is 38.5 Å². The summed E-state index contributed by atoms with van der Waals surface area (Å²) >= 11 is 0. The van der Waals surface area contributed by atoms with Crippen molar-refractivity contribution in [2.45, 2.75) is 64.3 Å². The first-order valence-corrected chi connectivity index (χ1v) is 11.6. The van der Waals surface area contributed by atoms with Gasteiger partial charge in [0.15, 0.2) is 5.96 Å². The number of piperidine rings is 1. The summed E-state index contributed by atoms with van der Waals surface area (Å²) in [7, 11) is 3.53. The van der Waals surface area contributed by atoms with E-state index in [4.69, 9.17) is 9.73 Å². The van der Waals surface area contributed by atoms with Gasteiger partial charge in [-0.2, -0.15) is 0 Å². The molecule has 0 unspecified atom stereocenters. The van der Waals surface area contributed by atoms with Gasteiger partial charge in [0, 0.05) is 46.3 Å². The average Bonchev–Trinajstić information content (AvgIpc) is 3.14. The van der Waals surface area contributed by atoms with Gasteiger partial charge in [0.25, 0.3) is 0 Å². The van der Waals surface area contributed by atoms with Crippen molar-refractivity contribution >= 4 is 18.0 Å². The first-order valence-electron chi connectivity index (χ1n) is 11.6. The molecule has 0 bridgehead atoms. The Kier molecular flexibility index (Phi) is 7.83. The number of hydrogen-bond donors (Lipinski definition) is 1. The molecule has 0 radical (unpaired) electrons. The lowest BCUT2D eigenvalue weighted by molar-refractivity contribution is -0.127. The molecule has 2 heterocycles. The van der Waals surface area contributed by atoms with Crippen LogP contribution in [0, 0.1) is 5.41 Å². The number of hydrogen-bond acceptors (Lipinski definition) is 4. The second-order valence-corrected chi connectivity index (χ2v) is 9.26. The Morgan fingerprint density at radius 3 is 2.40 bits per heavy atom. The zero-order valence-corrected chi connectivity index (χ0v) is 19.0. The predicted octanol–water partition coefficient (Wildman–Crippen LogP) is 2.30. The van der Waals surface area contributed by atoms with Crippen LogP contribution in [-0.4, -0.2) is 92.1 Å². The third-order valence-corrected chi connectivity index (χ3v) is 6.87. The fourth-order valence-corrected chi connectivity index (χ4v) is 4.95. The van der Waals surface area contributed by atoms with E-state index in [2.05, 4.69) is 10.2 Å². The van der Waals surface area contributed by atoms with Crippen LogP contribution < -0.4 is 5.32 Å². The summed E-state index contributed by atoms with van der Waals surface area (Å²) in [5, 5.41) is 3.63. The van der Waals surface area contributed by atoms with Crippen LogP contribution in [0.5, 0.6) is 0 Å². The van der Waals surface area contributed by atoms with Gasteiger partial charge in [0.2, 0.25) is 5.91 Å². The smallest absolute Gasteiger partial charge is 0.409 e. The average molecular weight is 422 g/mol. The standard InChI is InChI=1S/C22H39N5O3/c1-4-30-21(29)26-13-8-18(9-14-26)24-20(23-16-19(28)25(2)3)27-15-12-22(17-27)10-6-5-7-11-22/h18H,4-17H2,1-3H3,(H,23,24). The van der Waals surface area contributed by atoms with Crippen molar-refractivity contribution in [2.75, 3.05) is 53.4 Å². The summed E-state index contributed by atoms with van der Waals surface area (Å²) in [5.41, 5.74) is 0.430. The number of nitrogens with one attached hydrogen (secondary N) is 1. The Morgan fingerprint density at radius 2 is 1.77 bits per heavy atom. The number of aliphatic imine (C=N–C) groups is 1. The lowest BCUT2D eigenvalue weighted by Crippen LogP contribution is -2.51. The summed E-state index contributed by atoms with van der Waals surface area (Å²) in [6.45, 7) is 5.82. The highest BCUT2D eigenvalue weighted by Gasteiger charge is 2.40. The Labute approximate surface area is 181 Å². The van der Waals surface area contributed by atoms with Gasteiger partial charge in [0.05, 0.1) is 6.61 Å². The van der Waals surface area contributed by atoms with Crippen molar-refractivity contribution in [3.63, 3.8) is 0 Å². The summed E-state index contributed by atoms with van der Waals surface area (Å²) < 4.78 is 5.12. The van der Waals surface area contributed by atoms with Gasteiger partial charge in [-0.1, -0.05) is 19.3 Å². The predicted molar refractivity (Wildman–Crippen MR) is 117 cm³/mol. The molecular weight excluding hydrogens is 382 g/mol. The summed E-state index contributed by atoms with van der Waals surface area (Å²) in [5.74, 6) is 0.875. The quantitative estimate of drug-likeness (QED) is 0.557. The molecule has 1 saturated carbocycles. The Morgan fingerprint density at radius 1 is 1.07 bits per heavy atom. The molecule has 0 atom stereocenters. The van der Waals surface area contributed by atoms with Gasteiger partial charge in [-0.25, -0.2) is 9.79 Å². The molecule has 30 heavy (non-hydrogen) atoms. The normalized spacial score (nSPS) is 22.3. The second-order valence-electron chi connectivity index (χ2n) is 9.26. The van der Waals surface area contributed by atoms with Gasteiger partial charge in [0.1, 0.15) is 6.54 Å². The summed E-state index contributed by atoms with van der Waals surface area (Å²) in [6.07, 6.45) is 9.36. The first-order chi connectivity index (χ1) is 14.4. The third kappa shape index (κ3) is 5.79. The molecule has 2 aliphatic heterocycles. The van der Waals surface area contributed by atoms with Crippen molar-refractivity contribution in [1.29, 1.82) is 0 Å². The Bertz CT molecular complexity index is 622. The molecular formula is C22H39N5O3. The van der Waals surface area contributed by atoms with E-state index < -0.39 is 0 Å². The number of nitrogens with zero attached hydrogens (tertiary/aromatic N) is 4. The molecule has 170 valence electrons. The van der Waals surface area contributed by atoms with Gasteiger partial charge < -0.3 is 24.8 Å². The maximum absolute atomic E-state index is 12.1. The van der Waals surface area contributed by atoms with Crippen molar-refractivity contribution < 1.29 is 14.3 Å². The summed E-state index contributed by atoms with van der Waals surface area (Å²) in [6, 6.07) is 0.256. The number of carbonyl (C=O) groups excluding carboxylic acids is 2. The molecule has 1 N–H and O–H groups in total. The van der Waals surface area contributed by atoms with Crippen LogP contribution in [-0.2, 0) is 9.53 Å². The number of carbonyl (C=O) groups is 2. The molecule has 3 fully saturated rings. The monoisotopic (exact) mass is 421 g/mol. The second kappa shape index (κ2) is 10.4. The van der Waals surface area contributed by atoms with Gasteiger partial charge in [-0.3, -0.25) is 4.79 Å². The maximum atomic E-state index is 12.1. The van der Waals surface area contributed by atoms with Crippen molar-refractivity contribution in [3.8, 4) is 0 Å². The maximum Gasteiger partial charge on any atom is 0.409 e. The minimum Gasteiger partial charge on any atom is -0.450 e. The number of amides is 2. The largest absolute Gasteiger partial charge is 0.450 e. The van der Waals surface area contributed by atoms with E-state index >= 15 is 0 Å². The molecule has 8 heteroatoms. The Balaban J connectivity index is 1.62. The SMILES string of the molecule is CCOC(=O)N1CCC(NC(=NCC(=O)N(C)C)N2CCC3(CCCCC3)C2)CC1. The molecule has 8 nitrogen and oxygen atoms in total. The van der Waals surface area contributed by atoms with E-state index in [0.717, 1.165) is 31.9 Å². The molecule has 3 aliphatic rings. The highest BCUT2D eigenvalue weighted by molar-refractivity contribution is 5.85. The van der Waals surface area contributed by atoms with E-state index in [9.17, 15) is 9.59 Å². The lowest BCUT2D eigenvalue weighted by Gasteiger charge is -2.36. The fraction of sp³-hybridized carbons (Fsp3) is 0.864. The number of rotatable bonds is 4. The number of likely N-dealkylation sites (N-methyl/N-ethyl adjacent to an activating group) is 1. The molecule has 1 aliphatic carbocycles. The van der Waals surface area contributed by atoms with Crippen LogP contribution in [0.2, 0.25) is 0 Å². The number of ether oxygens (including phenoxy) is 1. The van der Waals surface area contributed by atoms with Gasteiger partial charge in [-0.05, 0) is 44.4 Å². The number of likely N-dealkylation sites (tertiary alicyclic amines) is 2. The highest BCUT2D eigenvalue weighted by atomic mass is 16.6. The van der Waals surface area contributed by atoms with Crippen LogP contribution >= 0.6 is 0 Å². The Hall–Kier alpha value is -1.99. The minimum atomic E-state index is -0.222. The molecule has 0 aromatic rings. The fourth-order valence-electron chi connectivity index (χ4n) is 4.95. The molecule has 2 amide bonds. The van der Waals surface area contributed by atoms with Crippen LogP contribution in [0.25, 0.3) is 0 Å². The zero-order chi connectivity index (χ0) is 21.6. The molecule has 0 aromatic heterocycles. The van der Waals surface area contributed by atoms with E-state index in [1.807, 2.05) is 6.92 Å². The van der Waals surface area contributed by atoms with E-state index in [-0.39, 0.29) is 24.6 Å². The van der Waals surface area contributed by atoms with Crippen LogP contribution in [0.1, 0.15) is 58.3 Å². The lowest BCUT2D eigenvalue weighted by atomic mass is 9.73. The van der Waals surface area contributed by atoms with E-state index in [1.54, 1.807) is 23.9 Å². The molecule has 3 rings (SSSR count). The zero-order valence-electron chi connectivity index (χ0n) is 19.0. The molecule has 2 saturated heterocycles. The van der Waals surface area contributed by atoms with Crippen molar-refractivity contribution in [2.24, 2.45) is 10.4 Å². The van der Waals surface area contributed by atoms with Crippen LogP contribution in [0.3, 0.4) is 0 Å². The van der Waals surface area contributed by atoms with Gasteiger partial charge in [-0.15, -0.1) is 0 Å². The van der Waals surface area contributed by atoms with Gasteiger partial charge >= 0.3 is 6.09 Å². The van der Waals surface area contributed by atoms with Crippen LogP contribution in [0.15, 0.2) is 4.99 Å². The highest BCUT2D eigenvalue weighted by Crippen LogP contribution is 2.43. The molecule has 1 spiro atoms. The topological polar surface area (TPSA) is 77.5 Å². The third-order valence-electron chi connectivity index (χ3n) is 6.87. The first kappa shape index (κ1) is 22.7. The summed E-state index contributed by atoms with van der Waals surface area (Å²) in [4.78, 5) is 34.6. The minimum absolute atomic E-state index is 0.0120. The molecule has 0 aromatic carbocycles. The van der Waals surface area contributed by atoms with Crippen molar-refractivity contribution in [1.82, 2.24) is 20.0 Å². The van der Waals surface area contributed by atoms with Crippen molar-refractivity contribution in [3.05, 3.63) is 0 Å². The van der Waals surface area contributed by atoms with Crippen LogP contribution in [0.4, 0.5) is 4.79 Å². The van der Waals surface area contributed by atoms with E-state index in [0.29, 0.717) is 25.1 Å².